The molecule has 3 heterocycles. The summed E-state index contributed by atoms with van der Waals surface area (Å²) in [7, 11) is 0. The minimum absolute atomic E-state index is 0.0409. The zero-order valence-electron chi connectivity index (χ0n) is 42.0. The van der Waals surface area contributed by atoms with E-state index in [9.17, 15) is 24.3 Å². The highest BCUT2D eigenvalue weighted by Crippen LogP contribution is 2.37. The molecule has 6 aromatic rings. The van der Waals surface area contributed by atoms with E-state index in [1.165, 1.54) is 23.9 Å². The molecule has 0 saturated carbocycles. The fourth-order valence-corrected chi connectivity index (χ4v) is 10.4. The van der Waals surface area contributed by atoms with Crippen molar-refractivity contribution >= 4 is 35.5 Å². The molecule has 0 aliphatic carbocycles. The van der Waals surface area contributed by atoms with Crippen molar-refractivity contribution in [3.63, 3.8) is 0 Å². The van der Waals surface area contributed by atoms with Crippen molar-refractivity contribution in [1.29, 1.82) is 0 Å². The molecule has 15 nitrogen and oxygen atoms in total. The Labute approximate surface area is 446 Å². The second-order valence-corrected chi connectivity index (χ2v) is 19.8. The van der Waals surface area contributed by atoms with E-state index < -0.39 is 90.7 Å². The van der Waals surface area contributed by atoms with Crippen LogP contribution in [0.1, 0.15) is 61.9 Å². The van der Waals surface area contributed by atoms with Crippen LogP contribution in [0.2, 0.25) is 0 Å². The molecule has 0 radical (unpaired) electrons. The Bertz CT molecular complexity index is 2760. The van der Waals surface area contributed by atoms with E-state index in [0.717, 1.165) is 32.7 Å². The van der Waals surface area contributed by atoms with Crippen LogP contribution in [0.15, 0.2) is 176 Å². The van der Waals surface area contributed by atoms with Gasteiger partial charge < -0.3 is 47.7 Å². The number of aliphatic hydroxyl groups excluding tert-OH is 1. The monoisotopic (exact) mass is 1050 g/mol. The summed E-state index contributed by atoms with van der Waals surface area (Å²) in [6, 6.07) is 52.4. The van der Waals surface area contributed by atoms with E-state index in [2.05, 4.69) is 0 Å². The van der Waals surface area contributed by atoms with Crippen molar-refractivity contribution in [2.24, 2.45) is 0 Å². The number of rotatable bonds is 24. The van der Waals surface area contributed by atoms with Gasteiger partial charge in [0.1, 0.15) is 61.1 Å². The molecule has 2 saturated heterocycles. The summed E-state index contributed by atoms with van der Waals surface area (Å²) in [5, 5.41) is 12.1. The van der Waals surface area contributed by atoms with Gasteiger partial charge in [0, 0.05) is 0 Å². The molecule has 10 atom stereocenters. The van der Waals surface area contributed by atoms with E-state index >= 15 is 0 Å². The summed E-state index contributed by atoms with van der Waals surface area (Å²) in [6.45, 7) is 2.23. The molecule has 0 aromatic heterocycles. The highest BCUT2D eigenvalue weighted by atomic mass is 32.2. The quantitative estimate of drug-likeness (QED) is 0.0348. The van der Waals surface area contributed by atoms with E-state index in [-0.39, 0.29) is 57.4 Å². The summed E-state index contributed by atoms with van der Waals surface area (Å²) in [5.41, 5.74) is 4.02. The predicted molar refractivity (Wildman–Crippen MR) is 280 cm³/mol. The fourth-order valence-electron chi connectivity index (χ4n) is 9.40. The second kappa shape index (κ2) is 27.0. The first-order valence-electron chi connectivity index (χ1n) is 25.4. The number of aliphatic hydroxyl groups is 1. The number of nitrogens with zero attached hydrogens (tertiary/aromatic N) is 1. The van der Waals surface area contributed by atoms with Crippen LogP contribution in [0.25, 0.3) is 0 Å². The van der Waals surface area contributed by atoms with E-state index in [1.54, 1.807) is 12.1 Å². The van der Waals surface area contributed by atoms with Crippen LogP contribution in [0.3, 0.4) is 0 Å². The van der Waals surface area contributed by atoms with Crippen LogP contribution >= 0.6 is 11.8 Å². The second-order valence-electron chi connectivity index (χ2n) is 18.4. The molecular formula is C60H61NO14S. The standard InChI is InChI=1S/C60H61NO14S/c1-2-76-60-56(71-36-43-26-14-6-15-27-43)55(70-35-42-24-12-5-13-25-42)53(69-34-41-22-10-4-11-23-41)48(74-60)39-68-49(62)32-50(63)75-54-51(61-57(65)45-30-18-19-31-46(45)58(61)66)59(72-37-44-28-16-7-17-29-44)73-47(52(54)64)38-67-33-40-20-8-3-9-21-40/h3-31,47-48,51-56,59-60,64H,2,32-39H2,1H3/t47-,48-,51-,52-,53-,54-,55+,56+,59+,60-/m1/s1. The third-order valence-electron chi connectivity index (χ3n) is 13.2. The highest BCUT2D eigenvalue weighted by Gasteiger charge is 2.56. The van der Waals surface area contributed by atoms with Crippen LogP contribution in [-0.4, -0.2) is 113 Å². The van der Waals surface area contributed by atoms with Gasteiger partial charge in [-0.3, -0.25) is 24.1 Å². The van der Waals surface area contributed by atoms with E-state index in [1.807, 2.05) is 159 Å². The first kappa shape index (κ1) is 54.2. The number of ether oxygens (including phenoxy) is 9. The maximum atomic E-state index is 14.2. The SMILES string of the molecule is CCS[C@H]1O[C@H](COC(=O)CC(=O)O[C@H]2[C@H](O)[C@@H](COCc3ccccc3)O[C@H](OCc3ccccc3)[C@@H]2N2C(=O)c3ccccc3C2=O)[C@@H](OCc2ccccc2)[C@H](OCc2ccccc2)[C@@H]1OCc1ccccc1. The minimum Gasteiger partial charge on any atom is -0.462 e. The van der Waals surface area contributed by atoms with E-state index in [4.69, 9.17) is 42.6 Å². The molecule has 0 unspecified atom stereocenters. The van der Waals surface area contributed by atoms with Gasteiger partial charge in [-0.1, -0.05) is 171 Å². The van der Waals surface area contributed by atoms with Crippen molar-refractivity contribution in [3.8, 4) is 0 Å². The molecule has 396 valence electrons. The number of amides is 2. The van der Waals surface area contributed by atoms with Gasteiger partial charge in [0.2, 0.25) is 0 Å². The van der Waals surface area contributed by atoms with Crippen molar-refractivity contribution in [3.05, 3.63) is 215 Å². The molecule has 2 fully saturated rings. The maximum absolute atomic E-state index is 14.2. The number of carbonyl (C=O) groups excluding carboxylic acids is 4. The van der Waals surface area contributed by atoms with Gasteiger partial charge in [-0.2, -0.15) is 0 Å². The van der Waals surface area contributed by atoms with Crippen molar-refractivity contribution < 1.29 is 66.9 Å². The van der Waals surface area contributed by atoms with Crippen molar-refractivity contribution in [2.75, 3.05) is 19.0 Å². The largest absolute Gasteiger partial charge is 0.462 e. The Morgan fingerprint density at radius 1 is 0.513 bits per heavy atom. The molecule has 3 aliphatic heterocycles. The van der Waals surface area contributed by atoms with Gasteiger partial charge in [-0.25, -0.2) is 0 Å². The van der Waals surface area contributed by atoms with Crippen LogP contribution in [-0.2, 0) is 85.3 Å². The smallest absolute Gasteiger partial charge is 0.317 e. The lowest BCUT2D eigenvalue weighted by Crippen LogP contribution is -2.66. The minimum atomic E-state index is -1.68. The number of fused-ring (bicyclic) bond motifs is 1. The highest BCUT2D eigenvalue weighted by molar-refractivity contribution is 7.99. The Morgan fingerprint density at radius 2 is 0.961 bits per heavy atom. The number of thioether (sulfide) groups is 1. The number of carbonyl (C=O) groups is 4. The molecule has 6 aromatic carbocycles. The van der Waals surface area contributed by atoms with Gasteiger partial charge in [-0.05, 0) is 45.7 Å². The molecule has 16 heteroatoms. The number of imide groups is 1. The number of esters is 2. The van der Waals surface area contributed by atoms with Crippen LogP contribution in [0.4, 0.5) is 0 Å². The molecule has 2 amide bonds. The Balaban J connectivity index is 0.954. The van der Waals surface area contributed by atoms with Crippen LogP contribution in [0, 0.1) is 0 Å². The van der Waals surface area contributed by atoms with Crippen LogP contribution < -0.4 is 0 Å². The van der Waals surface area contributed by atoms with Gasteiger partial charge >= 0.3 is 11.9 Å². The maximum Gasteiger partial charge on any atom is 0.317 e. The van der Waals surface area contributed by atoms with E-state index in [0.29, 0.717) is 5.75 Å². The lowest BCUT2D eigenvalue weighted by molar-refractivity contribution is -0.288. The van der Waals surface area contributed by atoms with Crippen molar-refractivity contribution in [2.45, 2.75) is 107 Å². The normalized spacial score (nSPS) is 24.2. The topological polar surface area (TPSA) is 175 Å². The Hall–Kier alpha value is -6.57. The van der Waals surface area contributed by atoms with Gasteiger partial charge in [0.15, 0.2) is 12.4 Å². The van der Waals surface area contributed by atoms with Gasteiger partial charge in [0.25, 0.3) is 11.8 Å². The summed E-state index contributed by atoms with van der Waals surface area (Å²) < 4.78 is 57.6. The predicted octanol–water partition coefficient (Wildman–Crippen LogP) is 8.25. The zero-order chi connectivity index (χ0) is 52.6. The lowest BCUT2D eigenvalue weighted by atomic mass is 9.95. The summed E-state index contributed by atoms with van der Waals surface area (Å²) in [4.78, 5) is 57.4. The number of benzene rings is 6. The molecule has 0 bridgehead atoms. The third kappa shape index (κ3) is 13.9. The summed E-state index contributed by atoms with van der Waals surface area (Å²) in [6.07, 6.45) is -10.0. The van der Waals surface area contributed by atoms with Crippen LogP contribution in [0.5, 0.6) is 0 Å². The van der Waals surface area contributed by atoms with Crippen molar-refractivity contribution in [1.82, 2.24) is 4.90 Å². The molecular weight excluding hydrogens is 991 g/mol. The first-order chi connectivity index (χ1) is 37.2. The zero-order valence-corrected chi connectivity index (χ0v) is 42.8. The third-order valence-corrected chi connectivity index (χ3v) is 14.2. The van der Waals surface area contributed by atoms with Gasteiger partial charge in [-0.15, -0.1) is 11.8 Å². The number of hydrogen-bond acceptors (Lipinski definition) is 15. The summed E-state index contributed by atoms with van der Waals surface area (Å²) >= 11 is 1.52. The lowest BCUT2D eigenvalue weighted by Gasteiger charge is -2.46. The molecule has 9 rings (SSSR count). The fraction of sp³-hybridized carbons (Fsp3) is 0.333. The average molecular weight is 1050 g/mol. The molecule has 76 heavy (non-hydrogen) atoms. The Morgan fingerprint density at radius 3 is 1.46 bits per heavy atom. The molecule has 3 aliphatic rings. The molecule has 0 spiro atoms. The molecule has 1 N–H and O–H groups in total. The average Bonchev–Trinajstić information content (AvgIpc) is 3.73. The summed E-state index contributed by atoms with van der Waals surface area (Å²) in [5.74, 6) is -2.83. The van der Waals surface area contributed by atoms with Gasteiger partial charge in [0.05, 0.1) is 50.8 Å². The first-order valence-corrected chi connectivity index (χ1v) is 26.4. The number of hydrogen-bond donors (Lipinski definition) is 1. The Kier molecular flexibility index (Phi) is 19.2.